The number of benzene rings is 1. The SMILES string of the molecule is CCCC(O)C(CC)CO.O=C(O)c1ccc(C(=O)O)cc1. The number of aliphatic hydroxyl groups is 2. The number of rotatable bonds is 7. The highest BCUT2D eigenvalue weighted by molar-refractivity contribution is 5.91. The minimum Gasteiger partial charge on any atom is -0.478 e. The van der Waals surface area contributed by atoms with Crippen LogP contribution in [-0.2, 0) is 0 Å². The van der Waals surface area contributed by atoms with Gasteiger partial charge in [-0.2, -0.15) is 0 Å². The van der Waals surface area contributed by atoms with E-state index in [1.807, 2.05) is 13.8 Å². The molecule has 2 atom stereocenters. The van der Waals surface area contributed by atoms with Crippen molar-refractivity contribution in [3.05, 3.63) is 35.4 Å². The summed E-state index contributed by atoms with van der Waals surface area (Å²) in [5, 5.41) is 35.0. The highest BCUT2D eigenvalue weighted by Crippen LogP contribution is 2.12. The summed E-state index contributed by atoms with van der Waals surface area (Å²) in [6, 6.07) is 5.02. The molecule has 0 spiro atoms. The minimum absolute atomic E-state index is 0.0833. The van der Waals surface area contributed by atoms with Crippen molar-refractivity contribution in [1.29, 1.82) is 0 Å². The molecule has 0 aromatic heterocycles. The first kappa shape index (κ1) is 20.1. The fraction of sp³-hybridized carbons (Fsp3) is 0.500. The highest BCUT2D eigenvalue weighted by atomic mass is 16.4. The van der Waals surface area contributed by atoms with Gasteiger partial charge in [-0.25, -0.2) is 9.59 Å². The molecule has 0 amide bonds. The zero-order valence-electron chi connectivity index (χ0n) is 12.9. The first-order chi connectivity index (χ1) is 10.4. The van der Waals surface area contributed by atoms with Crippen LogP contribution in [0.5, 0.6) is 0 Å². The van der Waals surface area contributed by atoms with Gasteiger partial charge in [-0.1, -0.05) is 20.3 Å². The Morgan fingerprint density at radius 2 is 1.41 bits per heavy atom. The van der Waals surface area contributed by atoms with E-state index in [4.69, 9.17) is 15.3 Å². The standard InChI is InChI=1S/C8H6O4.C8H18O2/c9-7(10)5-1-2-6(4-3-5)8(11)12;1-3-5-8(10)7(4-2)6-9/h1-4H,(H,9,10)(H,11,12);7-10H,3-6H2,1-2H3. The molecule has 6 nitrogen and oxygen atoms in total. The summed E-state index contributed by atoms with van der Waals surface area (Å²) in [6.45, 7) is 4.13. The fourth-order valence-electron chi connectivity index (χ4n) is 1.81. The number of hydrogen-bond acceptors (Lipinski definition) is 4. The van der Waals surface area contributed by atoms with Crippen LogP contribution in [0.1, 0.15) is 53.8 Å². The second-order valence-corrected chi connectivity index (χ2v) is 4.89. The monoisotopic (exact) mass is 312 g/mol. The van der Waals surface area contributed by atoms with Crippen LogP contribution in [0.3, 0.4) is 0 Å². The van der Waals surface area contributed by atoms with E-state index in [1.54, 1.807) is 0 Å². The summed E-state index contributed by atoms with van der Waals surface area (Å²) in [5.41, 5.74) is 0.167. The van der Waals surface area contributed by atoms with Gasteiger partial charge >= 0.3 is 11.9 Å². The van der Waals surface area contributed by atoms with Crippen LogP contribution in [0, 0.1) is 5.92 Å². The Labute approximate surface area is 130 Å². The van der Waals surface area contributed by atoms with Crippen molar-refractivity contribution in [1.82, 2.24) is 0 Å². The molecule has 22 heavy (non-hydrogen) atoms. The quantitative estimate of drug-likeness (QED) is 0.614. The van der Waals surface area contributed by atoms with Gasteiger partial charge < -0.3 is 20.4 Å². The van der Waals surface area contributed by atoms with Gasteiger partial charge in [0.05, 0.1) is 17.2 Å². The van der Waals surface area contributed by atoms with Crippen molar-refractivity contribution in [2.45, 2.75) is 39.2 Å². The third kappa shape index (κ3) is 7.19. The van der Waals surface area contributed by atoms with Crippen molar-refractivity contribution < 1.29 is 30.0 Å². The van der Waals surface area contributed by atoms with Gasteiger partial charge in [0.25, 0.3) is 0 Å². The first-order valence-corrected chi connectivity index (χ1v) is 7.22. The third-order valence-corrected chi connectivity index (χ3v) is 3.27. The van der Waals surface area contributed by atoms with Crippen LogP contribution in [0.4, 0.5) is 0 Å². The molecule has 124 valence electrons. The number of aliphatic hydroxyl groups excluding tert-OH is 2. The lowest BCUT2D eigenvalue weighted by Gasteiger charge is -2.17. The lowest BCUT2D eigenvalue weighted by Crippen LogP contribution is -2.22. The molecule has 0 radical (unpaired) electrons. The van der Waals surface area contributed by atoms with Crippen molar-refractivity contribution >= 4 is 11.9 Å². The molecule has 0 bridgehead atoms. The lowest BCUT2D eigenvalue weighted by atomic mass is 9.97. The Balaban J connectivity index is 0.000000409. The Kier molecular flexibility index (Phi) is 9.82. The van der Waals surface area contributed by atoms with E-state index in [0.29, 0.717) is 0 Å². The zero-order chi connectivity index (χ0) is 17.1. The number of aromatic carboxylic acids is 2. The van der Waals surface area contributed by atoms with Crippen LogP contribution < -0.4 is 0 Å². The van der Waals surface area contributed by atoms with E-state index >= 15 is 0 Å². The van der Waals surface area contributed by atoms with Crippen molar-refractivity contribution in [3.8, 4) is 0 Å². The molecule has 0 saturated heterocycles. The third-order valence-electron chi connectivity index (χ3n) is 3.27. The van der Waals surface area contributed by atoms with Crippen LogP contribution in [-0.4, -0.2) is 45.1 Å². The fourth-order valence-corrected chi connectivity index (χ4v) is 1.81. The average Bonchev–Trinajstić information content (AvgIpc) is 2.49. The molecule has 6 heteroatoms. The van der Waals surface area contributed by atoms with Crippen LogP contribution in [0.15, 0.2) is 24.3 Å². The van der Waals surface area contributed by atoms with E-state index in [9.17, 15) is 14.7 Å². The molecule has 4 N–H and O–H groups in total. The Morgan fingerprint density at radius 3 is 1.64 bits per heavy atom. The molecule has 0 aliphatic heterocycles. The number of carboxylic acids is 2. The second kappa shape index (κ2) is 10.8. The molecule has 1 aromatic carbocycles. The van der Waals surface area contributed by atoms with Gasteiger partial charge in [-0.05, 0) is 37.1 Å². The molecule has 0 aliphatic carbocycles. The minimum atomic E-state index is -1.06. The first-order valence-electron chi connectivity index (χ1n) is 7.22. The normalized spacial score (nSPS) is 12.7. The summed E-state index contributed by atoms with van der Waals surface area (Å²) in [7, 11) is 0. The van der Waals surface area contributed by atoms with E-state index < -0.39 is 11.9 Å². The van der Waals surface area contributed by atoms with Crippen LogP contribution in [0.25, 0.3) is 0 Å². The van der Waals surface area contributed by atoms with E-state index in [0.717, 1.165) is 19.3 Å². The predicted molar refractivity (Wildman–Crippen MR) is 82.1 cm³/mol. The maximum absolute atomic E-state index is 10.3. The zero-order valence-corrected chi connectivity index (χ0v) is 12.9. The molecule has 0 heterocycles. The Morgan fingerprint density at radius 1 is 1.00 bits per heavy atom. The molecule has 1 aromatic rings. The second-order valence-electron chi connectivity index (χ2n) is 4.89. The van der Waals surface area contributed by atoms with Gasteiger partial charge in [-0.15, -0.1) is 0 Å². The average molecular weight is 312 g/mol. The summed E-state index contributed by atoms with van der Waals surface area (Å²) < 4.78 is 0. The number of carboxylic acid groups (broad SMARTS) is 2. The van der Waals surface area contributed by atoms with E-state index in [1.165, 1.54) is 24.3 Å². The molecule has 1 rings (SSSR count). The van der Waals surface area contributed by atoms with Crippen LogP contribution >= 0.6 is 0 Å². The largest absolute Gasteiger partial charge is 0.478 e. The van der Waals surface area contributed by atoms with Crippen molar-refractivity contribution in [2.24, 2.45) is 5.92 Å². The molecular weight excluding hydrogens is 288 g/mol. The van der Waals surface area contributed by atoms with Gasteiger partial charge in [0.2, 0.25) is 0 Å². The number of hydrogen-bond donors (Lipinski definition) is 4. The maximum Gasteiger partial charge on any atom is 0.335 e. The highest BCUT2D eigenvalue weighted by Gasteiger charge is 2.14. The van der Waals surface area contributed by atoms with Gasteiger partial charge in [0.15, 0.2) is 0 Å². The van der Waals surface area contributed by atoms with Crippen molar-refractivity contribution in [2.75, 3.05) is 6.61 Å². The molecular formula is C16H24O6. The lowest BCUT2D eigenvalue weighted by molar-refractivity contribution is 0.0583. The number of carbonyl (C=O) groups is 2. The van der Waals surface area contributed by atoms with Gasteiger partial charge in [0, 0.05) is 12.5 Å². The summed E-state index contributed by atoms with van der Waals surface area (Å²) in [5.74, 6) is -2.04. The van der Waals surface area contributed by atoms with Gasteiger partial charge in [-0.3, -0.25) is 0 Å². The van der Waals surface area contributed by atoms with Gasteiger partial charge in [0.1, 0.15) is 0 Å². The van der Waals surface area contributed by atoms with E-state index in [-0.39, 0.29) is 29.8 Å². The summed E-state index contributed by atoms with van der Waals surface area (Å²) in [6.07, 6.45) is 2.34. The maximum atomic E-state index is 10.3. The smallest absolute Gasteiger partial charge is 0.335 e. The molecule has 0 aliphatic rings. The summed E-state index contributed by atoms with van der Waals surface area (Å²) in [4.78, 5) is 20.7. The van der Waals surface area contributed by atoms with E-state index in [2.05, 4.69) is 0 Å². The van der Waals surface area contributed by atoms with Crippen LogP contribution in [0.2, 0.25) is 0 Å². The Bertz CT molecular complexity index is 417. The molecule has 0 saturated carbocycles. The molecule has 0 fully saturated rings. The van der Waals surface area contributed by atoms with Crippen molar-refractivity contribution in [3.63, 3.8) is 0 Å². The molecule has 2 unspecified atom stereocenters. The topological polar surface area (TPSA) is 115 Å². The predicted octanol–water partition coefficient (Wildman–Crippen LogP) is 2.25. The Hall–Kier alpha value is -1.92. The summed E-state index contributed by atoms with van der Waals surface area (Å²) >= 11 is 0.